The molecule has 0 aliphatic rings. The minimum Gasteiger partial charge on any atom is -0.274 e. The molecule has 0 fully saturated rings. The van der Waals surface area contributed by atoms with Gasteiger partial charge in [0.25, 0.3) is 0 Å². The summed E-state index contributed by atoms with van der Waals surface area (Å²) >= 11 is 0. The number of H-pyrrole nitrogens is 1. The van der Waals surface area contributed by atoms with E-state index in [2.05, 4.69) is 89.8 Å². The van der Waals surface area contributed by atoms with E-state index in [-0.39, 0.29) is 5.69 Å². The zero-order valence-corrected chi connectivity index (χ0v) is 19.7. The first-order valence-electron chi connectivity index (χ1n) is 11.5. The summed E-state index contributed by atoms with van der Waals surface area (Å²) in [4.78, 5) is 13.1. The second kappa shape index (κ2) is 9.94. The Kier molecular flexibility index (Phi) is 6.82. The number of aromatic amines is 1. The SMILES string of the molecule is CC(C)CCc1nn(CC(C)C)c(=O)n1Cc1ccc(-c2cccc(-c3nnn[nH]3)c2)cc1. The number of aromatic nitrogens is 7. The number of tetrazole rings is 1. The predicted molar refractivity (Wildman–Crippen MR) is 129 cm³/mol. The number of hydrogen-bond acceptors (Lipinski definition) is 5. The van der Waals surface area contributed by atoms with Gasteiger partial charge in [-0.3, -0.25) is 4.57 Å². The minimum atomic E-state index is -0.0279. The first kappa shape index (κ1) is 22.6. The second-order valence-corrected chi connectivity index (χ2v) is 9.32. The number of aryl methyl sites for hydroxylation is 1. The Balaban J connectivity index is 1.57. The van der Waals surface area contributed by atoms with Gasteiger partial charge in [-0.15, -0.1) is 5.10 Å². The quantitative estimate of drug-likeness (QED) is 0.417. The molecule has 0 unspecified atom stereocenters. The molecule has 8 nitrogen and oxygen atoms in total. The van der Waals surface area contributed by atoms with Gasteiger partial charge >= 0.3 is 5.69 Å². The lowest BCUT2D eigenvalue weighted by atomic mass is 10.0. The Morgan fingerprint density at radius 1 is 0.939 bits per heavy atom. The molecule has 0 aliphatic heterocycles. The summed E-state index contributed by atoms with van der Waals surface area (Å²) in [6, 6.07) is 16.4. The van der Waals surface area contributed by atoms with Crippen molar-refractivity contribution in [3.8, 4) is 22.5 Å². The van der Waals surface area contributed by atoms with Crippen LogP contribution in [-0.2, 0) is 19.5 Å². The fourth-order valence-electron chi connectivity index (χ4n) is 3.82. The molecule has 33 heavy (non-hydrogen) atoms. The van der Waals surface area contributed by atoms with Gasteiger partial charge in [-0.1, -0.05) is 70.2 Å². The van der Waals surface area contributed by atoms with Gasteiger partial charge in [-0.05, 0) is 51.4 Å². The van der Waals surface area contributed by atoms with Crippen molar-refractivity contribution in [2.45, 2.75) is 53.6 Å². The van der Waals surface area contributed by atoms with E-state index < -0.39 is 0 Å². The van der Waals surface area contributed by atoms with Crippen molar-refractivity contribution in [1.82, 2.24) is 35.0 Å². The van der Waals surface area contributed by atoms with E-state index in [0.717, 1.165) is 40.9 Å². The largest absolute Gasteiger partial charge is 0.346 e. The molecule has 1 N–H and O–H groups in total. The predicted octanol–water partition coefficient (Wildman–Crippen LogP) is 4.18. The molecule has 172 valence electrons. The fraction of sp³-hybridized carbons (Fsp3) is 0.400. The molecular weight excluding hydrogens is 414 g/mol. The normalized spacial score (nSPS) is 11.6. The van der Waals surface area contributed by atoms with Crippen LogP contribution in [0.25, 0.3) is 22.5 Å². The van der Waals surface area contributed by atoms with Crippen molar-refractivity contribution in [2.24, 2.45) is 11.8 Å². The van der Waals surface area contributed by atoms with Crippen LogP contribution >= 0.6 is 0 Å². The third-order valence-corrected chi connectivity index (χ3v) is 5.59. The van der Waals surface area contributed by atoms with Gasteiger partial charge in [-0.2, -0.15) is 5.10 Å². The number of rotatable bonds is 9. The lowest BCUT2D eigenvalue weighted by Crippen LogP contribution is -2.27. The molecule has 0 bridgehead atoms. The molecule has 4 aromatic rings. The molecule has 0 aliphatic carbocycles. The molecule has 0 radical (unpaired) electrons. The summed E-state index contributed by atoms with van der Waals surface area (Å²) < 4.78 is 3.45. The molecule has 4 rings (SSSR count). The van der Waals surface area contributed by atoms with Gasteiger partial charge in [0.05, 0.1) is 6.54 Å². The summed E-state index contributed by atoms with van der Waals surface area (Å²) in [5.41, 5.74) is 4.15. The Morgan fingerprint density at radius 2 is 1.70 bits per heavy atom. The highest BCUT2D eigenvalue weighted by Gasteiger charge is 2.15. The second-order valence-electron chi connectivity index (χ2n) is 9.32. The molecule has 8 heteroatoms. The first-order valence-corrected chi connectivity index (χ1v) is 11.5. The van der Waals surface area contributed by atoms with Crippen molar-refractivity contribution >= 4 is 0 Å². The van der Waals surface area contributed by atoms with Crippen LogP contribution in [0.3, 0.4) is 0 Å². The van der Waals surface area contributed by atoms with E-state index in [1.54, 1.807) is 4.68 Å². The summed E-state index contributed by atoms with van der Waals surface area (Å²) in [6.45, 7) is 9.75. The maximum atomic E-state index is 13.1. The van der Waals surface area contributed by atoms with Gasteiger partial charge in [0.15, 0.2) is 5.82 Å². The first-order chi connectivity index (χ1) is 15.9. The lowest BCUT2D eigenvalue weighted by molar-refractivity contribution is 0.464. The smallest absolute Gasteiger partial charge is 0.274 e. The van der Waals surface area contributed by atoms with Crippen molar-refractivity contribution in [1.29, 1.82) is 0 Å². The lowest BCUT2D eigenvalue weighted by Gasteiger charge is -2.09. The molecule has 0 saturated carbocycles. The van der Waals surface area contributed by atoms with Gasteiger partial charge in [0.2, 0.25) is 0 Å². The van der Waals surface area contributed by atoms with Crippen LogP contribution in [-0.4, -0.2) is 35.0 Å². The highest BCUT2D eigenvalue weighted by atomic mass is 16.2. The van der Waals surface area contributed by atoms with Crippen LogP contribution in [0.2, 0.25) is 0 Å². The van der Waals surface area contributed by atoms with Crippen LogP contribution in [0.1, 0.15) is 45.5 Å². The monoisotopic (exact) mass is 445 g/mol. The van der Waals surface area contributed by atoms with Crippen molar-refractivity contribution in [3.05, 3.63) is 70.4 Å². The van der Waals surface area contributed by atoms with E-state index >= 15 is 0 Å². The molecule has 2 aromatic carbocycles. The Hall–Kier alpha value is -3.55. The molecule has 0 atom stereocenters. The summed E-state index contributed by atoms with van der Waals surface area (Å²) in [5, 5.41) is 18.8. The third-order valence-electron chi connectivity index (χ3n) is 5.59. The van der Waals surface area contributed by atoms with Crippen molar-refractivity contribution in [2.75, 3.05) is 0 Å². The standard InChI is InChI=1S/C25H31N7O/c1-17(2)8-13-23-28-32(15-18(3)4)25(33)31(23)16-19-9-11-20(12-10-19)21-6-5-7-22(14-21)24-26-29-30-27-24/h5-7,9-12,14,17-18H,8,13,15-16H2,1-4H3,(H,26,27,29,30). The average molecular weight is 446 g/mol. The number of benzene rings is 2. The van der Waals surface area contributed by atoms with Gasteiger partial charge < -0.3 is 0 Å². The van der Waals surface area contributed by atoms with Crippen LogP contribution in [0, 0.1) is 11.8 Å². The van der Waals surface area contributed by atoms with Gasteiger partial charge in [-0.25, -0.2) is 14.6 Å². The van der Waals surface area contributed by atoms with E-state index in [4.69, 9.17) is 0 Å². The zero-order chi connectivity index (χ0) is 23.4. The molecule has 2 aromatic heterocycles. The highest BCUT2D eigenvalue weighted by Crippen LogP contribution is 2.24. The molecule has 0 amide bonds. The molecule has 0 saturated heterocycles. The van der Waals surface area contributed by atoms with Crippen molar-refractivity contribution in [3.63, 3.8) is 0 Å². The summed E-state index contributed by atoms with van der Waals surface area (Å²) in [6.07, 6.45) is 1.81. The summed E-state index contributed by atoms with van der Waals surface area (Å²) in [5.74, 6) is 2.44. The van der Waals surface area contributed by atoms with Gasteiger partial charge in [0.1, 0.15) is 5.82 Å². The Morgan fingerprint density at radius 3 is 2.36 bits per heavy atom. The number of hydrogen-bond donors (Lipinski definition) is 1. The number of nitrogens with zero attached hydrogens (tertiary/aromatic N) is 6. The van der Waals surface area contributed by atoms with E-state index in [0.29, 0.717) is 30.7 Å². The van der Waals surface area contributed by atoms with E-state index in [9.17, 15) is 4.79 Å². The molecule has 0 spiro atoms. The van der Waals surface area contributed by atoms with Crippen LogP contribution in [0.5, 0.6) is 0 Å². The molecule has 2 heterocycles. The Labute approximate surface area is 193 Å². The summed E-state index contributed by atoms with van der Waals surface area (Å²) in [7, 11) is 0. The molecular formula is C25H31N7O. The Bertz CT molecular complexity index is 1230. The van der Waals surface area contributed by atoms with Crippen molar-refractivity contribution < 1.29 is 0 Å². The number of nitrogens with one attached hydrogen (secondary N) is 1. The minimum absolute atomic E-state index is 0.0279. The third kappa shape index (κ3) is 5.45. The van der Waals surface area contributed by atoms with Crippen LogP contribution in [0.4, 0.5) is 0 Å². The van der Waals surface area contributed by atoms with Crippen LogP contribution in [0.15, 0.2) is 53.3 Å². The van der Waals surface area contributed by atoms with E-state index in [1.807, 2.05) is 16.7 Å². The van der Waals surface area contributed by atoms with Crippen LogP contribution < -0.4 is 5.69 Å². The zero-order valence-electron chi connectivity index (χ0n) is 19.7. The highest BCUT2D eigenvalue weighted by molar-refractivity contribution is 5.70. The van der Waals surface area contributed by atoms with E-state index in [1.165, 1.54) is 0 Å². The maximum absolute atomic E-state index is 13.1. The fourth-order valence-corrected chi connectivity index (χ4v) is 3.82. The van der Waals surface area contributed by atoms with Gasteiger partial charge in [0, 0.05) is 18.5 Å². The maximum Gasteiger partial charge on any atom is 0.346 e. The average Bonchev–Trinajstić information content (AvgIpc) is 3.43. The topological polar surface area (TPSA) is 94.3 Å².